The van der Waals surface area contributed by atoms with Crippen molar-refractivity contribution in [2.75, 3.05) is 16.2 Å². The molecular weight excluding hydrogens is 318 g/mol. The molecule has 2 aromatic rings. The molecule has 128 valence electrons. The predicted octanol–water partition coefficient (Wildman–Crippen LogP) is 4.63. The summed E-state index contributed by atoms with van der Waals surface area (Å²) in [6, 6.07) is 17.5. The summed E-state index contributed by atoms with van der Waals surface area (Å²) in [6.45, 7) is 0.915. The highest BCUT2D eigenvalue weighted by Gasteiger charge is 2.07. The molecule has 0 saturated carbocycles. The van der Waals surface area contributed by atoms with E-state index in [0.717, 1.165) is 29.4 Å². The highest BCUT2D eigenvalue weighted by atomic mass is 32.1. The van der Waals surface area contributed by atoms with Crippen molar-refractivity contribution in [1.82, 2.24) is 0 Å². The lowest BCUT2D eigenvalue weighted by Crippen LogP contribution is -2.27. The average molecular weight is 343 g/mol. The number of unbranched alkanes of at least 4 members (excludes halogenated alkanes) is 3. The maximum Gasteiger partial charge on any atom is 0.329 e. The number of primary amides is 1. The second kappa shape index (κ2) is 9.88. The number of carbonyl (C=O) groups is 1. The Morgan fingerprint density at radius 1 is 1.00 bits per heavy atom. The molecule has 0 aliphatic rings. The molecule has 0 aromatic heterocycles. The quantitative estimate of drug-likeness (QED) is 0.459. The summed E-state index contributed by atoms with van der Waals surface area (Å²) in [5, 5.41) is 3.37. The van der Waals surface area contributed by atoms with Crippen LogP contribution in [0.4, 0.5) is 16.2 Å². The lowest BCUT2D eigenvalue weighted by Gasteiger charge is -2.14. The molecule has 0 spiro atoms. The maximum atomic E-state index is 11.1. The smallest absolute Gasteiger partial charge is 0.329 e. The monoisotopic (exact) mass is 343 g/mol. The third-order valence-corrected chi connectivity index (χ3v) is 4.29. The Bertz CT molecular complexity index is 634. The molecule has 4 nitrogen and oxygen atoms in total. The highest BCUT2D eigenvalue weighted by molar-refractivity contribution is 7.82. The number of hydrogen-bond acceptors (Lipinski definition) is 3. The Kier molecular flexibility index (Phi) is 7.49. The van der Waals surface area contributed by atoms with Crippen molar-refractivity contribution in [3.05, 3.63) is 60.2 Å². The molecule has 0 atom stereocenters. The van der Waals surface area contributed by atoms with Gasteiger partial charge in [-0.3, -0.25) is 0 Å². The van der Waals surface area contributed by atoms with Crippen molar-refractivity contribution < 1.29 is 4.79 Å². The third kappa shape index (κ3) is 6.16. The largest absolute Gasteiger partial charge is 0.385 e. The van der Waals surface area contributed by atoms with Crippen LogP contribution < -0.4 is 15.4 Å². The standard InChI is InChI=1S/C19H25N3OS/c20-19(23)22(24)18-13-8-12-17(15-18)21-14-7-2-1-4-9-16-10-5-3-6-11-16/h3,5-6,8,10-13,15,21,24H,1-2,4,7,9,14H2,(H2,20,23). The minimum absolute atomic E-state index is 0.589. The van der Waals surface area contributed by atoms with Gasteiger partial charge in [0.15, 0.2) is 0 Å². The first-order chi connectivity index (χ1) is 11.7. The van der Waals surface area contributed by atoms with Crippen LogP contribution in [0.5, 0.6) is 0 Å². The van der Waals surface area contributed by atoms with E-state index >= 15 is 0 Å². The average Bonchev–Trinajstić information content (AvgIpc) is 2.61. The Morgan fingerprint density at radius 3 is 2.50 bits per heavy atom. The van der Waals surface area contributed by atoms with Crippen LogP contribution in [-0.4, -0.2) is 12.6 Å². The van der Waals surface area contributed by atoms with Gasteiger partial charge in [-0.25, -0.2) is 9.10 Å². The van der Waals surface area contributed by atoms with Gasteiger partial charge in [-0.15, -0.1) is 0 Å². The molecule has 5 heteroatoms. The van der Waals surface area contributed by atoms with Gasteiger partial charge in [-0.2, -0.15) is 0 Å². The van der Waals surface area contributed by atoms with E-state index in [1.54, 1.807) is 6.07 Å². The van der Waals surface area contributed by atoms with Crippen molar-refractivity contribution in [2.45, 2.75) is 32.1 Å². The normalized spacial score (nSPS) is 10.4. The summed E-state index contributed by atoms with van der Waals surface area (Å²) in [5.74, 6) is 0. The number of aryl methyl sites for hydroxylation is 1. The number of amides is 2. The molecule has 0 aliphatic heterocycles. The van der Waals surface area contributed by atoms with E-state index in [4.69, 9.17) is 5.73 Å². The Morgan fingerprint density at radius 2 is 1.75 bits per heavy atom. The zero-order valence-electron chi connectivity index (χ0n) is 13.8. The Hall–Kier alpha value is -2.14. The molecule has 0 fully saturated rings. The van der Waals surface area contributed by atoms with E-state index in [9.17, 15) is 4.79 Å². The molecule has 2 rings (SSSR count). The Balaban J connectivity index is 1.62. The number of thiol groups is 1. The summed E-state index contributed by atoms with van der Waals surface area (Å²) in [5.41, 5.74) is 8.27. The molecule has 0 aliphatic carbocycles. The molecule has 2 amide bonds. The van der Waals surface area contributed by atoms with Gasteiger partial charge >= 0.3 is 6.03 Å². The predicted molar refractivity (Wildman–Crippen MR) is 105 cm³/mol. The first kappa shape index (κ1) is 18.2. The van der Waals surface area contributed by atoms with Crippen LogP contribution in [0.2, 0.25) is 0 Å². The fraction of sp³-hybridized carbons (Fsp3) is 0.316. The lowest BCUT2D eigenvalue weighted by atomic mass is 10.1. The number of hydrogen-bond donors (Lipinski definition) is 3. The fourth-order valence-corrected chi connectivity index (χ4v) is 2.68. The first-order valence-electron chi connectivity index (χ1n) is 8.33. The third-order valence-electron chi connectivity index (χ3n) is 3.86. The van der Waals surface area contributed by atoms with Crippen LogP contribution >= 0.6 is 12.8 Å². The summed E-state index contributed by atoms with van der Waals surface area (Å²) in [6.07, 6.45) is 5.95. The number of benzene rings is 2. The summed E-state index contributed by atoms with van der Waals surface area (Å²) in [7, 11) is 0. The van der Waals surface area contributed by atoms with Crippen LogP contribution in [0, 0.1) is 0 Å². The number of nitrogens with two attached hydrogens (primary N) is 1. The highest BCUT2D eigenvalue weighted by Crippen LogP contribution is 2.20. The van der Waals surface area contributed by atoms with Crippen molar-refractivity contribution >= 4 is 30.2 Å². The number of anilines is 2. The van der Waals surface area contributed by atoms with E-state index in [1.807, 2.05) is 18.2 Å². The van der Waals surface area contributed by atoms with Crippen LogP contribution in [0.15, 0.2) is 54.6 Å². The zero-order chi connectivity index (χ0) is 17.2. The minimum Gasteiger partial charge on any atom is -0.385 e. The van der Waals surface area contributed by atoms with Crippen molar-refractivity contribution in [3.63, 3.8) is 0 Å². The van der Waals surface area contributed by atoms with Gasteiger partial charge in [0, 0.05) is 12.2 Å². The van der Waals surface area contributed by atoms with Crippen LogP contribution in [0.3, 0.4) is 0 Å². The van der Waals surface area contributed by atoms with Gasteiger partial charge in [0.1, 0.15) is 0 Å². The van der Waals surface area contributed by atoms with Gasteiger partial charge in [0.25, 0.3) is 0 Å². The molecule has 0 saturated heterocycles. The van der Waals surface area contributed by atoms with Crippen LogP contribution in [0.25, 0.3) is 0 Å². The minimum atomic E-state index is -0.589. The van der Waals surface area contributed by atoms with E-state index in [-0.39, 0.29) is 0 Å². The maximum absolute atomic E-state index is 11.1. The molecule has 2 aromatic carbocycles. The molecular formula is C19H25N3OS. The molecule has 0 radical (unpaired) electrons. The summed E-state index contributed by atoms with van der Waals surface area (Å²) in [4.78, 5) is 11.1. The van der Waals surface area contributed by atoms with Crippen molar-refractivity contribution in [2.24, 2.45) is 5.73 Å². The zero-order valence-corrected chi connectivity index (χ0v) is 14.7. The van der Waals surface area contributed by atoms with E-state index in [0.29, 0.717) is 5.69 Å². The molecule has 0 bridgehead atoms. The molecule has 3 N–H and O–H groups in total. The van der Waals surface area contributed by atoms with Crippen LogP contribution in [-0.2, 0) is 6.42 Å². The van der Waals surface area contributed by atoms with Crippen LogP contribution in [0.1, 0.15) is 31.2 Å². The lowest BCUT2D eigenvalue weighted by molar-refractivity contribution is 0.257. The van der Waals surface area contributed by atoms with Gasteiger partial charge < -0.3 is 11.1 Å². The molecule has 0 heterocycles. The Labute approximate surface area is 149 Å². The number of carbonyl (C=O) groups excluding carboxylic acids is 1. The topological polar surface area (TPSA) is 58.4 Å². The number of urea groups is 1. The number of rotatable bonds is 9. The van der Waals surface area contributed by atoms with Gasteiger partial charge in [0.05, 0.1) is 5.69 Å². The van der Waals surface area contributed by atoms with Crippen molar-refractivity contribution in [3.8, 4) is 0 Å². The molecule has 0 unspecified atom stereocenters. The number of nitrogens with one attached hydrogen (secondary N) is 1. The van der Waals surface area contributed by atoms with E-state index in [1.165, 1.54) is 24.8 Å². The summed E-state index contributed by atoms with van der Waals surface area (Å²) >= 11 is 4.07. The fourth-order valence-electron chi connectivity index (χ4n) is 2.56. The van der Waals surface area contributed by atoms with Gasteiger partial charge in [0.2, 0.25) is 0 Å². The second-order valence-electron chi connectivity index (χ2n) is 5.78. The molecule has 24 heavy (non-hydrogen) atoms. The van der Waals surface area contributed by atoms with E-state index < -0.39 is 6.03 Å². The summed E-state index contributed by atoms with van der Waals surface area (Å²) < 4.78 is 1.13. The first-order valence-corrected chi connectivity index (χ1v) is 8.73. The number of nitrogens with zero attached hydrogens (tertiary/aromatic N) is 1. The van der Waals surface area contributed by atoms with Crippen molar-refractivity contribution in [1.29, 1.82) is 0 Å². The SMILES string of the molecule is NC(=O)N(S)c1cccc(NCCCCCCc2ccccc2)c1. The van der Waals surface area contributed by atoms with Gasteiger partial charge in [-0.1, -0.05) is 62.1 Å². The second-order valence-corrected chi connectivity index (χ2v) is 6.18. The van der Waals surface area contributed by atoms with E-state index in [2.05, 4.69) is 48.5 Å². The van der Waals surface area contributed by atoms with Gasteiger partial charge in [-0.05, 0) is 43.0 Å².